The molecule has 0 amide bonds. The fraction of sp³-hybridized carbons (Fsp3) is 0.583. The molecule has 2 rings (SSSR count). The Morgan fingerprint density at radius 3 is 3.25 bits per heavy atom. The van der Waals surface area contributed by atoms with Crippen LogP contribution in [0.15, 0.2) is 18.3 Å². The number of thioether (sulfide) groups is 1. The lowest BCUT2D eigenvalue weighted by molar-refractivity contribution is 0.697. The zero-order valence-corrected chi connectivity index (χ0v) is 10.8. The van der Waals surface area contributed by atoms with Gasteiger partial charge in [-0.05, 0) is 26.1 Å². The number of hydrogen-bond acceptors (Lipinski definition) is 4. The first-order valence-electron chi connectivity index (χ1n) is 5.75. The summed E-state index contributed by atoms with van der Waals surface area (Å²) in [4.78, 5) is 6.84. The van der Waals surface area contributed by atoms with Crippen molar-refractivity contribution >= 4 is 17.4 Å². The van der Waals surface area contributed by atoms with Gasteiger partial charge in [-0.15, -0.1) is 0 Å². The summed E-state index contributed by atoms with van der Waals surface area (Å²) >= 11 is 2.05. The van der Waals surface area contributed by atoms with Gasteiger partial charge in [0.25, 0.3) is 0 Å². The van der Waals surface area contributed by atoms with Crippen molar-refractivity contribution in [1.29, 1.82) is 0 Å². The molecule has 16 heavy (non-hydrogen) atoms. The molecular weight excluding hydrogens is 218 g/mol. The van der Waals surface area contributed by atoms with Gasteiger partial charge in [0.1, 0.15) is 0 Å². The third-order valence-electron chi connectivity index (χ3n) is 2.86. The number of hydrogen-bond donors (Lipinski definition) is 1. The average Bonchev–Trinajstić information content (AvgIpc) is 2.30. The molecule has 0 radical (unpaired) electrons. The topological polar surface area (TPSA) is 28.2 Å². The van der Waals surface area contributed by atoms with E-state index in [0.29, 0.717) is 6.04 Å². The quantitative estimate of drug-likeness (QED) is 0.867. The van der Waals surface area contributed by atoms with Crippen LogP contribution in [0.5, 0.6) is 0 Å². The van der Waals surface area contributed by atoms with E-state index in [4.69, 9.17) is 0 Å². The molecule has 1 aromatic heterocycles. The highest BCUT2D eigenvalue weighted by Crippen LogP contribution is 2.23. The molecule has 0 bridgehead atoms. The highest BCUT2D eigenvalue weighted by molar-refractivity contribution is 7.99. The Kier molecular flexibility index (Phi) is 4.07. The van der Waals surface area contributed by atoms with Crippen molar-refractivity contribution in [1.82, 2.24) is 10.3 Å². The minimum atomic E-state index is 0.628. The molecule has 0 aliphatic carbocycles. The summed E-state index contributed by atoms with van der Waals surface area (Å²) < 4.78 is 0. The molecule has 0 saturated carbocycles. The van der Waals surface area contributed by atoms with E-state index in [-0.39, 0.29) is 0 Å². The van der Waals surface area contributed by atoms with E-state index in [9.17, 15) is 0 Å². The van der Waals surface area contributed by atoms with Gasteiger partial charge in [-0.25, -0.2) is 0 Å². The van der Waals surface area contributed by atoms with Gasteiger partial charge in [0, 0.05) is 42.5 Å². The number of pyridine rings is 1. The second-order valence-electron chi connectivity index (χ2n) is 4.15. The molecular formula is C12H19N3S. The van der Waals surface area contributed by atoms with Crippen molar-refractivity contribution in [2.75, 3.05) is 30.0 Å². The largest absolute Gasteiger partial charge is 0.367 e. The van der Waals surface area contributed by atoms with Crippen LogP contribution in [-0.4, -0.2) is 36.1 Å². The van der Waals surface area contributed by atoms with Crippen LogP contribution in [0, 0.1) is 0 Å². The highest BCUT2D eigenvalue weighted by Gasteiger charge is 2.18. The number of aromatic nitrogens is 1. The number of rotatable bonds is 3. The zero-order chi connectivity index (χ0) is 11.4. The monoisotopic (exact) mass is 237 g/mol. The molecule has 0 spiro atoms. The van der Waals surface area contributed by atoms with Gasteiger partial charge in [-0.2, -0.15) is 11.8 Å². The smallest absolute Gasteiger partial charge is 0.0562 e. The summed E-state index contributed by atoms with van der Waals surface area (Å²) in [5.41, 5.74) is 2.43. The molecule has 1 aliphatic heterocycles. The fourth-order valence-corrected chi connectivity index (χ4v) is 3.05. The Morgan fingerprint density at radius 2 is 2.50 bits per heavy atom. The predicted octanol–water partition coefficient (Wildman–Crippen LogP) is 1.74. The lowest BCUT2D eigenvalue weighted by atomic mass is 10.2. The van der Waals surface area contributed by atoms with Crippen molar-refractivity contribution in [3.63, 3.8) is 0 Å². The minimum absolute atomic E-state index is 0.628. The summed E-state index contributed by atoms with van der Waals surface area (Å²) in [5, 5.41) is 3.14. The predicted molar refractivity (Wildman–Crippen MR) is 71.1 cm³/mol. The van der Waals surface area contributed by atoms with E-state index >= 15 is 0 Å². The number of anilines is 1. The molecule has 1 aromatic rings. The summed E-state index contributed by atoms with van der Waals surface area (Å²) in [5.74, 6) is 2.46. The van der Waals surface area contributed by atoms with E-state index in [2.05, 4.69) is 34.3 Å². The van der Waals surface area contributed by atoms with Crippen molar-refractivity contribution in [2.45, 2.75) is 19.5 Å². The Bertz CT molecular complexity index is 343. The molecule has 88 valence electrons. The molecule has 3 nitrogen and oxygen atoms in total. The Hall–Kier alpha value is -0.740. The summed E-state index contributed by atoms with van der Waals surface area (Å²) in [6.45, 7) is 4.28. The average molecular weight is 237 g/mol. The van der Waals surface area contributed by atoms with Gasteiger partial charge >= 0.3 is 0 Å². The van der Waals surface area contributed by atoms with Crippen LogP contribution in [-0.2, 0) is 6.54 Å². The second-order valence-corrected chi connectivity index (χ2v) is 5.30. The number of nitrogens with one attached hydrogen (secondary N) is 1. The van der Waals surface area contributed by atoms with Crippen molar-refractivity contribution < 1.29 is 0 Å². The van der Waals surface area contributed by atoms with Crippen LogP contribution in [0.2, 0.25) is 0 Å². The third-order valence-corrected chi connectivity index (χ3v) is 4.05. The molecule has 4 heteroatoms. The van der Waals surface area contributed by atoms with Crippen molar-refractivity contribution in [3.05, 3.63) is 24.0 Å². The normalized spacial score (nSPS) is 21.1. The van der Waals surface area contributed by atoms with Gasteiger partial charge in [0.2, 0.25) is 0 Å². The Balaban J connectivity index is 2.15. The first-order chi connectivity index (χ1) is 7.81. The fourth-order valence-electron chi connectivity index (χ4n) is 2.03. The van der Waals surface area contributed by atoms with Crippen LogP contribution >= 0.6 is 11.8 Å². The first kappa shape index (κ1) is 11.7. The maximum absolute atomic E-state index is 4.35. The molecule has 1 saturated heterocycles. The van der Waals surface area contributed by atoms with Crippen LogP contribution in [0.4, 0.5) is 5.69 Å². The lowest BCUT2D eigenvalue weighted by Gasteiger charge is -2.35. The molecule has 1 aliphatic rings. The van der Waals surface area contributed by atoms with Gasteiger partial charge in [0.05, 0.1) is 5.69 Å². The summed E-state index contributed by atoms with van der Waals surface area (Å²) in [6, 6.07) is 4.94. The van der Waals surface area contributed by atoms with Crippen LogP contribution in [0.3, 0.4) is 0 Å². The van der Waals surface area contributed by atoms with E-state index in [1.54, 1.807) is 0 Å². The maximum Gasteiger partial charge on any atom is 0.0562 e. The Morgan fingerprint density at radius 1 is 1.62 bits per heavy atom. The van der Waals surface area contributed by atoms with Crippen LogP contribution in [0.1, 0.15) is 12.6 Å². The van der Waals surface area contributed by atoms with Crippen LogP contribution < -0.4 is 10.2 Å². The molecule has 2 heterocycles. The molecule has 0 aromatic carbocycles. The van der Waals surface area contributed by atoms with E-state index in [1.807, 2.05) is 25.0 Å². The van der Waals surface area contributed by atoms with Gasteiger partial charge < -0.3 is 10.2 Å². The van der Waals surface area contributed by atoms with Crippen LogP contribution in [0.25, 0.3) is 0 Å². The van der Waals surface area contributed by atoms with E-state index < -0.39 is 0 Å². The minimum Gasteiger partial charge on any atom is -0.367 e. The molecule has 1 atom stereocenters. The molecule has 1 fully saturated rings. The first-order valence-corrected chi connectivity index (χ1v) is 6.90. The van der Waals surface area contributed by atoms with Gasteiger partial charge in [0.15, 0.2) is 0 Å². The summed E-state index contributed by atoms with van der Waals surface area (Å²) in [6.07, 6.45) is 1.91. The van der Waals surface area contributed by atoms with Crippen molar-refractivity contribution in [3.8, 4) is 0 Å². The van der Waals surface area contributed by atoms with E-state index in [1.165, 1.54) is 17.2 Å². The standard InChI is InChI=1S/C12H19N3S/c1-10-9-16-6-5-15(10)12-3-4-14-11(7-12)8-13-2/h3-4,7,10,13H,5-6,8-9H2,1-2H3. The van der Waals surface area contributed by atoms with Gasteiger partial charge in [-0.3, -0.25) is 4.98 Å². The zero-order valence-electron chi connectivity index (χ0n) is 9.94. The highest BCUT2D eigenvalue weighted by atomic mass is 32.2. The van der Waals surface area contributed by atoms with Gasteiger partial charge in [-0.1, -0.05) is 0 Å². The maximum atomic E-state index is 4.35. The summed E-state index contributed by atoms with van der Waals surface area (Å²) in [7, 11) is 1.95. The lowest BCUT2D eigenvalue weighted by Crippen LogP contribution is -2.40. The molecule has 1 unspecified atom stereocenters. The SMILES string of the molecule is CNCc1cc(N2CCSCC2C)ccn1. The second kappa shape index (κ2) is 5.55. The number of nitrogens with zero attached hydrogens (tertiary/aromatic N) is 2. The molecule has 1 N–H and O–H groups in total. The third kappa shape index (κ3) is 2.68. The van der Waals surface area contributed by atoms with E-state index in [0.717, 1.165) is 18.8 Å². The van der Waals surface area contributed by atoms with Crippen molar-refractivity contribution in [2.24, 2.45) is 0 Å². The Labute approximate surface area is 102 Å².